The lowest BCUT2D eigenvalue weighted by molar-refractivity contribution is 0.0976. The van der Waals surface area contributed by atoms with Crippen molar-refractivity contribution < 1.29 is 22.7 Å². The maximum atomic E-state index is 13.3. The van der Waals surface area contributed by atoms with E-state index in [4.69, 9.17) is 14.6 Å². The van der Waals surface area contributed by atoms with Gasteiger partial charge in [-0.15, -0.1) is 5.10 Å². The molecule has 2 fully saturated rings. The summed E-state index contributed by atoms with van der Waals surface area (Å²) in [4.78, 5) is 20.2. The maximum Gasteiger partial charge on any atom is 0.283 e. The highest BCUT2D eigenvalue weighted by molar-refractivity contribution is 7.91. The van der Waals surface area contributed by atoms with Gasteiger partial charge >= 0.3 is 0 Å². The standard InChI is InChI=1S/C29H31N5O5S/c1-19(2)39-29-26-24(20-8-10-21(11-9-20)33-14-16-38-17-15-33)18-25(28(35)32-40(36,37)23-12-13-23)30-27(26)34(31-29)22-6-4-3-5-7-22/h3-11,18-19,23H,12-17H2,1-2H3,(H,32,35). The summed E-state index contributed by atoms with van der Waals surface area (Å²) < 4.78 is 40.6. The normalized spacial score (nSPS) is 15.9. The molecule has 1 aliphatic carbocycles. The quantitative estimate of drug-likeness (QED) is 0.344. The molecule has 10 nitrogen and oxygen atoms in total. The van der Waals surface area contributed by atoms with Crippen molar-refractivity contribution in [2.45, 2.75) is 38.0 Å². The number of carbonyl (C=O) groups is 1. The summed E-state index contributed by atoms with van der Waals surface area (Å²) in [5.74, 6) is -0.390. The Bertz CT molecular complexity index is 1640. The first-order valence-electron chi connectivity index (χ1n) is 13.4. The van der Waals surface area contributed by atoms with Crippen molar-refractivity contribution in [3.05, 3.63) is 66.4 Å². The van der Waals surface area contributed by atoms with Gasteiger partial charge in [-0.2, -0.15) is 0 Å². The zero-order valence-electron chi connectivity index (χ0n) is 22.4. The van der Waals surface area contributed by atoms with E-state index in [1.165, 1.54) is 0 Å². The number of benzene rings is 2. The molecular weight excluding hydrogens is 530 g/mol. The van der Waals surface area contributed by atoms with E-state index in [1.807, 2.05) is 68.4 Å². The van der Waals surface area contributed by atoms with E-state index >= 15 is 0 Å². The number of aromatic nitrogens is 3. The zero-order valence-corrected chi connectivity index (χ0v) is 23.2. The van der Waals surface area contributed by atoms with Crippen molar-refractivity contribution in [2.24, 2.45) is 0 Å². The van der Waals surface area contributed by atoms with Crippen LogP contribution >= 0.6 is 0 Å². The van der Waals surface area contributed by atoms with E-state index in [1.54, 1.807) is 10.7 Å². The number of ether oxygens (including phenoxy) is 2. The summed E-state index contributed by atoms with van der Waals surface area (Å²) in [5, 5.41) is 4.85. The molecule has 6 rings (SSSR count). The first-order valence-corrected chi connectivity index (χ1v) is 15.0. The molecule has 4 aromatic rings. The predicted octanol–water partition coefficient (Wildman–Crippen LogP) is 3.93. The Morgan fingerprint density at radius 1 is 1.02 bits per heavy atom. The summed E-state index contributed by atoms with van der Waals surface area (Å²) in [6.45, 7) is 6.83. The molecule has 1 N–H and O–H groups in total. The van der Waals surface area contributed by atoms with E-state index in [9.17, 15) is 13.2 Å². The van der Waals surface area contributed by atoms with Gasteiger partial charge in [-0.25, -0.2) is 22.8 Å². The molecule has 0 spiro atoms. The molecule has 1 aliphatic heterocycles. The number of carbonyl (C=O) groups excluding carboxylic acids is 1. The minimum atomic E-state index is -3.76. The molecule has 2 aromatic carbocycles. The maximum absolute atomic E-state index is 13.3. The Hall–Kier alpha value is -3.96. The molecule has 0 bridgehead atoms. The van der Waals surface area contributed by atoms with Crippen LogP contribution in [-0.4, -0.2) is 66.7 Å². The van der Waals surface area contributed by atoms with Gasteiger partial charge in [0.25, 0.3) is 5.91 Å². The summed E-state index contributed by atoms with van der Waals surface area (Å²) in [7, 11) is -3.76. The van der Waals surface area contributed by atoms with Gasteiger partial charge in [0.1, 0.15) is 5.69 Å². The Morgan fingerprint density at radius 3 is 2.38 bits per heavy atom. The summed E-state index contributed by atoms with van der Waals surface area (Å²) in [6.07, 6.45) is 0.935. The molecule has 1 saturated heterocycles. The average molecular weight is 562 g/mol. The number of hydrogen-bond donors (Lipinski definition) is 1. The fraction of sp³-hybridized carbons (Fsp3) is 0.345. The molecule has 2 aliphatic rings. The van der Waals surface area contributed by atoms with E-state index < -0.39 is 21.2 Å². The fourth-order valence-electron chi connectivity index (χ4n) is 4.80. The first kappa shape index (κ1) is 26.3. The van der Waals surface area contributed by atoms with Crippen molar-refractivity contribution in [3.63, 3.8) is 0 Å². The molecule has 1 amide bonds. The van der Waals surface area contributed by atoms with E-state index in [2.05, 4.69) is 14.6 Å². The fourth-order valence-corrected chi connectivity index (χ4v) is 6.09. The molecule has 2 aromatic heterocycles. The zero-order chi connectivity index (χ0) is 27.9. The van der Waals surface area contributed by atoms with Crippen LogP contribution in [0, 0.1) is 0 Å². The number of nitrogens with zero attached hydrogens (tertiary/aromatic N) is 4. The van der Waals surface area contributed by atoms with Gasteiger partial charge in [0.15, 0.2) is 5.65 Å². The molecule has 40 heavy (non-hydrogen) atoms. The van der Waals surface area contributed by atoms with Crippen LogP contribution in [0.1, 0.15) is 37.2 Å². The number of nitrogens with one attached hydrogen (secondary N) is 1. The highest BCUT2D eigenvalue weighted by Crippen LogP contribution is 2.37. The molecule has 0 atom stereocenters. The highest BCUT2D eigenvalue weighted by atomic mass is 32.2. The smallest absolute Gasteiger partial charge is 0.283 e. The van der Waals surface area contributed by atoms with Crippen LogP contribution in [0.15, 0.2) is 60.7 Å². The summed E-state index contributed by atoms with van der Waals surface area (Å²) >= 11 is 0. The van der Waals surface area contributed by atoms with E-state index in [0.29, 0.717) is 48.5 Å². The van der Waals surface area contributed by atoms with Crippen LogP contribution in [0.5, 0.6) is 5.88 Å². The van der Waals surface area contributed by atoms with Crippen molar-refractivity contribution >= 4 is 32.7 Å². The van der Waals surface area contributed by atoms with Gasteiger partial charge in [-0.3, -0.25) is 4.79 Å². The number of rotatable bonds is 8. The Morgan fingerprint density at radius 2 is 1.73 bits per heavy atom. The number of fused-ring (bicyclic) bond motifs is 1. The molecule has 11 heteroatoms. The Labute approximate surface area is 233 Å². The molecule has 0 radical (unpaired) electrons. The van der Waals surface area contributed by atoms with Crippen LogP contribution in [0.4, 0.5) is 5.69 Å². The second kappa shape index (κ2) is 10.5. The SMILES string of the molecule is CC(C)Oc1nn(-c2ccccc2)c2nc(C(=O)NS(=O)(=O)C3CC3)cc(-c3ccc(N4CCOCC4)cc3)c12. The molecule has 0 unspecified atom stereocenters. The third-order valence-electron chi connectivity index (χ3n) is 6.94. The molecular formula is C29H31N5O5S. The average Bonchev–Trinajstić information content (AvgIpc) is 3.77. The van der Waals surface area contributed by atoms with Gasteiger partial charge in [0, 0.05) is 24.3 Å². The number of pyridine rings is 1. The van der Waals surface area contributed by atoms with Gasteiger partial charge in [-0.05, 0) is 62.6 Å². The number of morpholine rings is 1. The van der Waals surface area contributed by atoms with E-state index in [-0.39, 0.29) is 11.8 Å². The minimum Gasteiger partial charge on any atom is -0.473 e. The topological polar surface area (TPSA) is 116 Å². The number of para-hydroxylation sites is 1. The predicted molar refractivity (Wildman–Crippen MR) is 153 cm³/mol. The van der Waals surface area contributed by atoms with Crippen molar-refractivity contribution in [1.82, 2.24) is 19.5 Å². The second-order valence-corrected chi connectivity index (χ2v) is 12.3. The monoisotopic (exact) mass is 561 g/mol. The minimum absolute atomic E-state index is 0.0165. The van der Waals surface area contributed by atoms with Crippen LogP contribution in [0.3, 0.4) is 0 Å². The Kier molecular flexibility index (Phi) is 6.93. The lowest BCUT2D eigenvalue weighted by Gasteiger charge is -2.29. The number of amides is 1. The van der Waals surface area contributed by atoms with Crippen molar-refractivity contribution in [2.75, 3.05) is 31.2 Å². The number of sulfonamides is 1. The Balaban J connectivity index is 1.52. The third kappa shape index (κ3) is 5.26. The van der Waals surface area contributed by atoms with E-state index in [0.717, 1.165) is 30.0 Å². The number of anilines is 1. The van der Waals surface area contributed by atoms with Crippen LogP contribution in [0.2, 0.25) is 0 Å². The largest absolute Gasteiger partial charge is 0.473 e. The molecule has 208 valence electrons. The lowest BCUT2D eigenvalue weighted by Crippen LogP contribution is -2.36. The summed E-state index contributed by atoms with van der Waals surface area (Å²) in [6, 6.07) is 19.1. The molecule has 3 heterocycles. The van der Waals surface area contributed by atoms with Gasteiger partial charge in [0.2, 0.25) is 15.9 Å². The van der Waals surface area contributed by atoms with Crippen LogP contribution in [0.25, 0.3) is 27.8 Å². The van der Waals surface area contributed by atoms with Crippen molar-refractivity contribution in [1.29, 1.82) is 0 Å². The van der Waals surface area contributed by atoms with Gasteiger partial charge in [0.05, 0.1) is 35.6 Å². The molecule has 1 saturated carbocycles. The lowest BCUT2D eigenvalue weighted by atomic mass is 10.0. The van der Waals surface area contributed by atoms with Crippen molar-refractivity contribution in [3.8, 4) is 22.7 Å². The van der Waals surface area contributed by atoms with Gasteiger partial charge in [-0.1, -0.05) is 30.3 Å². The second-order valence-electron chi connectivity index (χ2n) is 10.3. The van der Waals surface area contributed by atoms with Crippen LogP contribution in [-0.2, 0) is 14.8 Å². The third-order valence-corrected chi connectivity index (χ3v) is 8.76. The highest BCUT2D eigenvalue weighted by Gasteiger charge is 2.37. The first-order chi connectivity index (χ1) is 19.3. The number of hydrogen-bond acceptors (Lipinski definition) is 8. The van der Waals surface area contributed by atoms with Gasteiger partial charge < -0.3 is 14.4 Å². The van der Waals surface area contributed by atoms with Crippen LogP contribution < -0.4 is 14.4 Å². The summed E-state index contributed by atoms with van der Waals surface area (Å²) in [5.41, 5.74) is 3.68.